The number of anilines is 1. The van der Waals surface area contributed by atoms with Crippen LogP contribution >= 0.6 is 0 Å². The third-order valence-corrected chi connectivity index (χ3v) is 2.96. The molecule has 0 radical (unpaired) electrons. The summed E-state index contributed by atoms with van der Waals surface area (Å²) < 4.78 is 1.75. The van der Waals surface area contributed by atoms with E-state index >= 15 is 0 Å². The van der Waals surface area contributed by atoms with Crippen LogP contribution in [0.3, 0.4) is 0 Å². The molecule has 0 atom stereocenters. The van der Waals surface area contributed by atoms with E-state index in [4.69, 9.17) is 5.73 Å². The number of hydrogen-bond acceptors (Lipinski definition) is 2. The second-order valence-electron chi connectivity index (χ2n) is 4.61. The van der Waals surface area contributed by atoms with E-state index in [1.54, 1.807) is 4.68 Å². The molecule has 0 saturated carbocycles. The van der Waals surface area contributed by atoms with Crippen LogP contribution < -0.4 is 11.1 Å². The molecule has 0 saturated heterocycles. The van der Waals surface area contributed by atoms with Crippen LogP contribution in [-0.2, 0) is 13.6 Å². The second-order valence-corrected chi connectivity index (χ2v) is 4.61. The molecule has 3 N–H and O–H groups in total. The standard InChI is InChI=1S/C14H19N5/c1-10-4-5-12(8-11(10)2)17-14(15)16-9-13-6-7-19(3)18-13/h4-8H,9H2,1-3H3,(H3,15,16,17). The first-order chi connectivity index (χ1) is 9.04. The van der Waals surface area contributed by atoms with Gasteiger partial charge in [0.1, 0.15) is 0 Å². The van der Waals surface area contributed by atoms with Crippen molar-refractivity contribution in [2.24, 2.45) is 17.8 Å². The second kappa shape index (κ2) is 5.56. The maximum absolute atomic E-state index is 5.85. The van der Waals surface area contributed by atoms with Gasteiger partial charge in [-0.15, -0.1) is 0 Å². The average Bonchev–Trinajstić information content (AvgIpc) is 2.77. The molecular formula is C14H19N5. The topological polar surface area (TPSA) is 68.2 Å². The molecule has 5 nitrogen and oxygen atoms in total. The molecule has 0 aliphatic rings. The highest BCUT2D eigenvalue weighted by Gasteiger charge is 1.99. The summed E-state index contributed by atoms with van der Waals surface area (Å²) in [7, 11) is 1.88. The fourth-order valence-electron chi connectivity index (χ4n) is 1.72. The minimum absolute atomic E-state index is 0.397. The van der Waals surface area contributed by atoms with Crippen LogP contribution in [0.5, 0.6) is 0 Å². The number of aliphatic imine (C=N–C) groups is 1. The largest absolute Gasteiger partial charge is 0.370 e. The summed E-state index contributed by atoms with van der Waals surface area (Å²) in [6.07, 6.45) is 1.89. The molecule has 0 spiro atoms. The summed E-state index contributed by atoms with van der Waals surface area (Å²) in [6, 6.07) is 8.03. The average molecular weight is 257 g/mol. The van der Waals surface area contributed by atoms with Gasteiger partial charge in [-0.3, -0.25) is 4.68 Å². The van der Waals surface area contributed by atoms with Crippen LogP contribution in [0.25, 0.3) is 0 Å². The van der Waals surface area contributed by atoms with Crippen molar-refractivity contribution in [2.45, 2.75) is 20.4 Å². The number of nitrogens with zero attached hydrogens (tertiary/aromatic N) is 3. The van der Waals surface area contributed by atoms with Crippen LogP contribution in [-0.4, -0.2) is 15.7 Å². The summed E-state index contributed by atoms with van der Waals surface area (Å²) >= 11 is 0. The summed E-state index contributed by atoms with van der Waals surface area (Å²) in [5, 5.41) is 7.32. The first-order valence-corrected chi connectivity index (χ1v) is 6.17. The Morgan fingerprint density at radius 1 is 1.32 bits per heavy atom. The highest BCUT2D eigenvalue weighted by Crippen LogP contribution is 2.13. The predicted octanol–water partition coefficient (Wildman–Crippen LogP) is 1.96. The lowest BCUT2D eigenvalue weighted by Gasteiger charge is -2.07. The van der Waals surface area contributed by atoms with Crippen LogP contribution in [0.1, 0.15) is 16.8 Å². The van der Waals surface area contributed by atoms with E-state index < -0.39 is 0 Å². The molecule has 19 heavy (non-hydrogen) atoms. The Morgan fingerprint density at radius 2 is 2.11 bits per heavy atom. The van der Waals surface area contributed by atoms with Crippen molar-refractivity contribution in [3.8, 4) is 0 Å². The third kappa shape index (κ3) is 3.58. The van der Waals surface area contributed by atoms with Gasteiger partial charge in [0.05, 0.1) is 12.2 Å². The minimum Gasteiger partial charge on any atom is -0.370 e. The molecule has 100 valence electrons. The Kier molecular flexibility index (Phi) is 3.85. The molecule has 0 aliphatic heterocycles. The highest BCUT2D eigenvalue weighted by atomic mass is 15.3. The quantitative estimate of drug-likeness (QED) is 0.652. The van der Waals surface area contributed by atoms with E-state index in [0.717, 1.165) is 11.4 Å². The zero-order chi connectivity index (χ0) is 13.8. The number of nitrogens with one attached hydrogen (secondary N) is 1. The van der Waals surface area contributed by atoms with Gasteiger partial charge in [0.2, 0.25) is 0 Å². The first-order valence-electron chi connectivity index (χ1n) is 6.17. The lowest BCUT2D eigenvalue weighted by Crippen LogP contribution is -2.22. The number of nitrogens with two attached hydrogens (primary N) is 1. The monoisotopic (exact) mass is 257 g/mol. The normalized spacial score (nSPS) is 11.6. The van der Waals surface area contributed by atoms with E-state index in [-0.39, 0.29) is 0 Å². The Hall–Kier alpha value is -2.30. The number of hydrogen-bond donors (Lipinski definition) is 2. The van der Waals surface area contributed by atoms with Gasteiger partial charge in [0.25, 0.3) is 0 Å². The molecule has 0 aliphatic carbocycles. The van der Waals surface area contributed by atoms with Crippen molar-refractivity contribution in [2.75, 3.05) is 5.32 Å². The number of guanidine groups is 1. The lowest BCUT2D eigenvalue weighted by atomic mass is 10.1. The summed E-state index contributed by atoms with van der Waals surface area (Å²) in [5.41, 5.74) is 10.2. The van der Waals surface area contributed by atoms with Crippen LogP contribution in [0.15, 0.2) is 35.5 Å². The molecule has 2 aromatic rings. The number of aryl methyl sites for hydroxylation is 3. The van der Waals surface area contributed by atoms with Gasteiger partial charge >= 0.3 is 0 Å². The van der Waals surface area contributed by atoms with E-state index in [0.29, 0.717) is 12.5 Å². The molecule has 1 aromatic heterocycles. The zero-order valence-electron chi connectivity index (χ0n) is 11.5. The van der Waals surface area contributed by atoms with Crippen LogP contribution in [0.4, 0.5) is 5.69 Å². The van der Waals surface area contributed by atoms with Crippen molar-refractivity contribution < 1.29 is 0 Å². The predicted molar refractivity (Wildman–Crippen MR) is 78.1 cm³/mol. The van der Waals surface area contributed by atoms with Gasteiger partial charge in [0.15, 0.2) is 5.96 Å². The third-order valence-electron chi connectivity index (χ3n) is 2.96. The van der Waals surface area contributed by atoms with Crippen molar-refractivity contribution in [3.05, 3.63) is 47.3 Å². The highest BCUT2D eigenvalue weighted by molar-refractivity contribution is 5.92. The van der Waals surface area contributed by atoms with Crippen LogP contribution in [0.2, 0.25) is 0 Å². The smallest absolute Gasteiger partial charge is 0.193 e. The Labute approximate surface area is 113 Å². The molecule has 1 heterocycles. The van der Waals surface area contributed by atoms with Crippen molar-refractivity contribution in [1.82, 2.24) is 9.78 Å². The summed E-state index contributed by atoms with van der Waals surface area (Å²) in [6.45, 7) is 4.63. The van der Waals surface area contributed by atoms with E-state index in [9.17, 15) is 0 Å². The number of rotatable bonds is 3. The Morgan fingerprint density at radius 3 is 2.74 bits per heavy atom. The van der Waals surface area contributed by atoms with E-state index in [1.807, 2.05) is 25.4 Å². The van der Waals surface area contributed by atoms with Crippen molar-refractivity contribution in [3.63, 3.8) is 0 Å². The van der Waals surface area contributed by atoms with E-state index in [1.165, 1.54) is 11.1 Å². The fraction of sp³-hybridized carbons (Fsp3) is 0.286. The Bertz CT molecular complexity index is 598. The van der Waals surface area contributed by atoms with Crippen LogP contribution in [0, 0.1) is 13.8 Å². The number of aromatic nitrogens is 2. The van der Waals surface area contributed by atoms with Gasteiger partial charge in [-0.25, -0.2) is 4.99 Å². The molecule has 0 unspecified atom stereocenters. The molecule has 1 aromatic carbocycles. The first kappa shape index (κ1) is 13.1. The molecule has 0 fully saturated rings. The van der Waals surface area contributed by atoms with Crippen molar-refractivity contribution in [1.29, 1.82) is 0 Å². The molecule has 0 amide bonds. The fourth-order valence-corrected chi connectivity index (χ4v) is 1.72. The molecular weight excluding hydrogens is 238 g/mol. The maximum Gasteiger partial charge on any atom is 0.193 e. The maximum atomic E-state index is 5.85. The summed E-state index contributed by atoms with van der Waals surface area (Å²) in [5.74, 6) is 0.397. The van der Waals surface area contributed by atoms with E-state index in [2.05, 4.69) is 41.4 Å². The van der Waals surface area contributed by atoms with Gasteiger partial charge in [-0.05, 0) is 43.2 Å². The number of benzene rings is 1. The Balaban J connectivity index is 1.99. The SMILES string of the molecule is Cc1ccc(NC(N)=NCc2ccn(C)n2)cc1C. The minimum atomic E-state index is 0.397. The molecule has 2 rings (SSSR count). The molecule has 5 heteroatoms. The van der Waals surface area contributed by atoms with Gasteiger partial charge in [0, 0.05) is 18.9 Å². The van der Waals surface area contributed by atoms with Gasteiger partial charge in [-0.2, -0.15) is 5.10 Å². The van der Waals surface area contributed by atoms with Gasteiger partial charge in [-0.1, -0.05) is 6.07 Å². The van der Waals surface area contributed by atoms with Gasteiger partial charge < -0.3 is 11.1 Å². The molecule has 0 bridgehead atoms. The zero-order valence-corrected chi connectivity index (χ0v) is 11.5. The lowest BCUT2D eigenvalue weighted by molar-refractivity contribution is 0.743. The van der Waals surface area contributed by atoms with Crippen molar-refractivity contribution >= 4 is 11.6 Å². The summed E-state index contributed by atoms with van der Waals surface area (Å²) in [4.78, 5) is 4.26.